The average Bonchev–Trinajstić information content (AvgIpc) is 2.53. The maximum Gasteiger partial charge on any atom is 0.494 e. The summed E-state index contributed by atoms with van der Waals surface area (Å²) in [7, 11) is -1.76. The van der Waals surface area contributed by atoms with E-state index >= 15 is 0 Å². The Morgan fingerprint density at radius 1 is 1.27 bits per heavy atom. The molecule has 0 aromatic heterocycles. The zero-order chi connectivity index (χ0) is 19.4. The van der Waals surface area contributed by atoms with Crippen LogP contribution in [0.5, 0.6) is 5.75 Å². The van der Waals surface area contributed by atoms with Crippen LogP contribution in [0.15, 0.2) is 18.2 Å². The van der Waals surface area contributed by atoms with E-state index < -0.39 is 20.1 Å². The van der Waals surface area contributed by atoms with E-state index in [2.05, 4.69) is 19.6 Å². The van der Waals surface area contributed by atoms with E-state index in [1.54, 1.807) is 12.1 Å². The molecule has 1 saturated heterocycles. The van der Waals surface area contributed by atoms with Gasteiger partial charge in [0.15, 0.2) is 12.5 Å². The van der Waals surface area contributed by atoms with E-state index in [1.165, 1.54) is 6.07 Å². The molecule has 1 aliphatic rings. The summed E-state index contributed by atoms with van der Waals surface area (Å²) >= 11 is 0. The zero-order valence-electron chi connectivity index (χ0n) is 16.2. The van der Waals surface area contributed by atoms with E-state index in [1.807, 2.05) is 13.8 Å². The van der Waals surface area contributed by atoms with Gasteiger partial charge in [0.2, 0.25) is 0 Å². The summed E-state index contributed by atoms with van der Waals surface area (Å²) in [6.07, 6.45) is 0. The van der Waals surface area contributed by atoms with Crippen molar-refractivity contribution < 1.29 is 23.7 Å². The summed E-state index contributed by atoms with van der Waals surface area (Å²) in [5, 5.41) is 11.4. The van der Waals surface area contributed by atoms with Gasteiger partial charge in [0.25, 0.3) is 0 Å². The Morgan fingerprint density at radius 2 is 1.92 bits per heavy atom. The maximum atomic E-state index is 11.4. The molecule has 0 bridgehead atoms. The Morgan fingerprint density at radius 3 is 2.50 bits per heavy atom. The highest BCUT2D eigenvalue weighted by Gasteiger charge is 2.34. The molecule has 144 valence electrons. The molecule has 7 nitrogen and oxygen atoms in total. The van der Waals surface area contributed by atoms with Gasteiger partial charge in [-0.1, -0.05) is 39.6 Å². The van der Waals surface area contributed by atoms with Gasteiger partial charge in [0.1, 0.15) is 0 Å². The third kappa shape index (κ3) is 6.39. The third-order valence-corrected chi connectivity index (χ3v) is 5.70. The summed E-state index contributed by atoms with van der Waals surface area (Å²) in [5.74, 6) is 0.183. The van der Waals surface area contributed by atoms with Crippen molar-refractivity contribution in [2.45, 2.75) is 39.5 Å². The predicted octanol–water partition coefficient (Wildman–Crippen LogP) is 3.05. The van der Waals surface area contributed by atoms with Crippen LogP contribution in [0, 0.1) is 15.5 Å². The zero-order valence-corrected chi connectivity index (χ0v) is 17.2. The molecule has 1 aromatic carbocycles. The first-order valence-electron chi connectivity index (χ1n) is 8.80. The van der Waals surface area contributed by atoms with Crippen molar-refractivity contribution in [1.82, 2.24) is 0 Å². The van der Waals surface area contributed by atoms with E-state index in [0.29, 0.717) is 25.3 Å². The van der Waals surface area contributed by atoms with Crippen molar-refractivity contribution in [3.8, 4) is 5.75 Å². The fraction of sp³-hybridized carbons (Fsp3) is 0.647. The first kappa shape index (κ1) is 20.9. The Bertz CT molecular complexity index is 624. The lowest BCUT2D eigenvalue weighted by Gasteiger charge is -2.33. The molecule has 0 spiro atoms. The summed E-state index contributed by atoms with van der Waals surface area (Å²) in [5.41, 5.74) is 0.436. The standard InChI is InChI=1S/C17H28BNO6Si/c1-17(2)11-24-18(25-12-17)14-6-7-16(15(10-14)19(20)21)23-13-22-8-9-26(3,4)5/h6-7,10H,8-9,11-13H2,1-5H3. The number of nitro groups is 1. The molecule has 1 fully saturated rings. The van der Waals surface area contributed by atoms with Crippen LogP contribution in [0.1, 0.15) is 13.8 Å². The average molecular weight is 381 g/mol. The summed E-state index contributed by atoms with van der Waals surface area (Å²) in [6, 6.07) is 5.76. The highest BCUT2D eigenvalue weighted by molar-refractivity contribution is 6.76. The second-order valence-electron chi connectivity index (χ2n) is 8.58. The SMILES string of the molecule is CC1(C)COB(c2ccc(OCOCC[Si](C)(C)C)c([N+](=O)[O-])c2)OC1. The van der Waals surface area contributed by atoms with Crippen LogP contribution >= 0.6 is 0 Å². The second-order valence-corrected chi connectivity index (χ2v) is 14.2. The Balaban J connectivity index is 1.97. The molecule has 0 saturated carbocycles. The molecule has 1 heterocycles. The van der Waals surface area contributed by atoms with Crippen LogP contribution in [0.3, 0.4) is 0 Å². The predicted molar refractivity (Wildman–Crippen MR) is 104 cm³/mol. The molecule has 0 N–H and O–H groups in total. The van der Waals surface area contributed by atoms with Gasteiger partial charge in [0, 0.05) is 39.4 Å². The van der Waals surface area contributed by atoms with Crippen molar-refractivity contribution in [2.24, 2.45) is 5.41 Å². The largest absolute Gasteiger partial charge is 0.494 e. The van der Waals surface area contributed by atoms with Gasteiger partial charge in [-0.2, -0.15) is 0 Å². The fourth-order valence-corrected chi connectivity index (χ4v) is 3.13. The minimum Gasteiger partial charge on any atom is -0.460 e. The lowest BCUT2D eigenvalue weighted by molar-refractivity contribution is -0.386. The monoisotopic (exact) mass is 381 g/mol. The molecule has 0 aliphatic carbocycles. The van der Waals surface area contributed by atoms with Gasteiger partial charge in [-0.05, 0) is 17.6 Å². The molecule has 0 amide bonds. The number of nitrogens with zero attached hydrogens (tertiary/aromatic N) is 1. The number of rotatable bonds is 8. The topological polar surface area (TPSA) is 80.1 Å². The van der Waals surface area contributed by atoms with Crippen LogP contribution < -0.4 is 10.2 Å². The number of benzene rings is 1. The molecule has 26 heavy (non-hydrogen) atoms. The number of hydrogen-bond donors (Lipinski definition) is 0. The van der Waals surface area contributed by atoms with Crippen LogP contribution in [0.2, 0.25) is 25.7 Å². The molecule has 9 heteroatoms. The van der Waals surface area contributed by atoms with E-state index in [4.69, 9.17) is 18.8 Å². The summed E-state index contributed by atoms with van der Waals surface area (Å²) < 4.78 is 22.3. The van der Waals surface area contributed by atoms with Gasteiger partial charge in [-0.15, -0.1) is 0 Å². The van der Waals surface area contributed by atoms with Crippen molar-refractivity contribution >= 4 is 26.3 Å². The van der Waals surface area contributed by atoms with Crippen LogP contribution in [0.25, 0.3) is 0 Å². The van der Waals surface area contributed by atoms with Crippen molar-refractivity contribution in [3.63, 3.8) is 0 Å². The highest BCUT2D eigenvalue weighted by atomic mass is 28.3. The van der Waals surface area contributed by atoms with E-state index in [0.717, 1.165) is 6.04 Å². The number of ether oxygens (including phenoxy) is 2. The minimum atomic E-state index is -1.17. The number of hydrogen-bond acceptors (Lipinski definition) is 6. The smallest absolute Gasteiger partial charge is 0.460 e. The van der Waals surface area contributed by atoms with E-state index in [9.17, 15) is 10.1 Å². The molecule has 0 atom stereocenters. The van der Waals surface area contributed by atoms with Gasteiger partial charge < -0.3 is 18.8 Å². The van der Waals surface area contributed by atoms with Gasteiger partial charge in [-0.3, -0.25) is 10.1 Å². The lowest BCUT2D eigenvalue weighted by Crippen LogP contribution is -2.47. The molecular weight excluding hydrogens is 353 g/mol. The minimum absolute atomic E-state index is 0.00468. The van der Waals surface area contributed by atoms with E-state index in [-0.39, 0.29) is 23.6 Å². The molecule has 1 aliphatic heterocycles. The highest BCUT2D eigenvalue weighted by Crippen LogP contribution is 2.27. The summed E-state index contributed by atoms with van der Waals surface area (Å²) in [6.45, 7) is 12.5. The van der Waals surface area contributed by atoms with Crippen molar-refractivity contribution in [1.29, 1.82) is 0 Å². The normalized spacial score (nSPS) is 17.2. The lowest BCUT2D eigenvalue weighted by atomic mass is 9.75. The molecule has 2 rings (SSSR count). The Hall–Kier alpha value is -1.42. The van der Waals surface area contributed by atoms with Crippen LogP contribution in [0.4, 0.5) is 5.69 Å². The molecule has 0 radical (unpaired) electrons. The second kappa shape index (κ2) is 8.51. The first-order chi connectivity index (χ1) is 12.1. The van der Waals surface area contributed by atoms with Crippen LogP contribution in [-0.4, -0.2) is 46.7 Å². The number of nitro benzene ring substituents is 1. The van der Waals surface area contributed by atoms with Crippen LogP contribution in [-0.2, 0) is 14.0 Å². The van der Waals surface area contributed by atoms with Gasteiger partial charge in [0.05, 0.1) is 4.92 Å². The third-order valence-electron chi connectivity index (χ3n) is 4.00. The van der Waals surface area contributed by atoms with Gasteiger partial charge >= 0.3 is 12.8 Å². The van der Waals surface area contributed by atoms with Crippen molar-refractivity contribution in [2.75, 3.05) is 26.6 Å². The quantitative estimate of drug-likeness (QED) is 0.226. The van der Waals surface area contributed by atoms with Gasteiger partial charge in [-0.25, -0.2) is 0 Å². The fourth-order valence-electron chi connectivity index (χ4n) is 2.37. The molecule has 1 aromatic rings. The molecular formula is C17H28BNO6Si. The maximum absolute atomic E-state index is 11.4. The Kier molecular flexibility index (Phi) is 6.84. The first-order valence-corrected chi connectivity index (χ1v) is 12.5. The Labute approximate surface area is 156 Å². The van der Waals surface area contributed by atoms with Crippen molar-refractivity contribution in [3.05, 3.63) is 28.3 Å². The summed E-state index contributed by atoms with van der Waals surface area (Å²) in [4.78, 5) is 10.9. The molecule has 0 unspecified atom stereocenters.